The van der Waals surface area contributed by atoms with Crippen LogP contribution in [-0.2, 0) is 4.79 Å². The van der Waals surface area contributed by atoms with Crippen LogP contribution in [0.5, 0.6) is 0 Å². The Hall–Kier alpha value is -2.87. The Bertz CT molecular complexity index is 885. The van der Waals surface area contributed by atoms with Gasteiger partial charge in [0, 0.05) is 24.7 Å². The number of hydrogen-bond donors (Lipinski definition) is 2. The second kappa shape index (κ2) is 10.1. The Balaban J connectivity index is 2.05. The number of anilines is 1. The van der Waals surface area contributed by atoms with Crippen LogP contribution in [-0.4, -0.2) is 42.1 Å². The number of halogens is 1. The van der Waals surface area contributed by atoms with Gasteiger partial charge in [0.05, 0.1) is 5.56 Å². The predicted molar refractivity (Wildman–Crippen MR) is 113 cm³/mol. The highest BCUT2D eigenvalue weighted by Crippen LogP contribution is 2.22. The average molecular weight is 418 g/mol. The van der Waals surface area contributed by atoms with Gasteiger partial charge in [-0.1, -0.05) is 26.0 Å². The van der Waals surface area contributed by atoms with Gasteiger partial charge in [0.15, 0.2) is 0 Å². The van der Waals surface area contributed by atoms with Gasteiger partial charge in [-0.15, -0.1) is 0 Å². The molecule has 6 nitrogen and oxygen atoms in total. The van der Waals surface area contributed by atoms with Crippen molar-refractivity contribution in [1.29, 1.82) is 0 Å². The van der Waals surface area contributed by atoms with Crippen molar-refractivity contribution in [3.8, 4) is 0 Å². The summed E-state index contributed by atoms with van der Waals surface area (Å²) in [4.78, 5) is 39.0. The van der Waals surface area contributed by atoms with E-state index >= 15 is 0 Å². The Morgan fingerprint density at radius 1 is 1.00 bits per heavy atom. The molecule has 0 bridgehead atoms. The van der Waals surface area contributed by atoms with Crippen molar-refractivity contribution >= 4 is 34.5 Å². The molecule has 2 aromatic rings. The van der Waals surface area contributed by atoms with E-state index in [1.807, 2.05) is 0 Å². The third-order valence-corrected chi connectivity index (χ3v) is 5.09. The molecule has 2 N–H and O–H groups in total. The summed E-state index contributed by atoms with van der Waals surface area (Å²) < 4.78 is 13.8. The molecule has 154 valence electrons. The van der Waals surface area contributed by atoms with E-state index in [2.05, 4.69) is 10.6 Å². The van der Waals surface area contributed by atoms with Gasteiger partial charge in [0.25, 0.3) is 11.1 Å². The standard InChI is InChI=1S/C21H24FN3O3S/c1-13(2)18(24-19(26)16-7-5-6-8-17(16)22)20(27)23-14-9-11-15(12-10-14)29-21(28)25(3)4/h5-13,18H,1-4H3,(H,23,27)(H,24,26). The highest BCUT2D eigenvalue weighted by Gasteiger charge is 2.25. The van der Waals surface area contributed by atoms with Crippen LogP contribution in [0.1, 0.15) is 24.2 Å². The van der Waals surface area contributed by atoms with Crippen molar-refractivity contribution in [3.63, 3.8) is 0 Å². The summed E-state index contributed by atoms with van der Waals surface area (Å²) in [5.41, 5.74) is 0.417. The van der Waals surface area contributed by atoms with Crippen molar-refractivity contribution < 1.29 is 18.8 Å². The van der Waals surface area contributed by atoms with Crippen molar-refractivity contribution in [3.05, 3.63) is 59.9 Å². The molecule has 29 heavy (non-hydrogen) atoms. The quantitative estimate of drug-likeness (QED) is 0.697. The minimum Gasteiger partial charge on any atom is -0.340 e. The number of nitrogens with zero attached hydrogens (tertiary/aromatic N) is 1. The minimum atomic E-state index is -0.841. The molecule has 0 heterocycles. The summed E-state index contributed by atoms with van der Waals surface area (Å²) >= 11 is 1.08. The summed E-state index contributed by atoms with van der Waals surface area (Å²) in [6, 6.07) is 11.6. The van der Waals surface area contributed by atoms with Crippen molar-refractivity contribution in [2.45, 2.75) is 24.8 Å². The van der Waals surface area contributed by atoms with E-state index in [0.29, 0.717) is 5.69 Å². The molecule has 0 fully saturated rings. The van der Waals surface area contributed by atoms with Crippen LogP contribution in [0.4, 0.5) is 14.9 Å². The van der Waals surface area contributed by atoms with E-state index < -0.39 is 23.7 Å². The zero-order valence-corrected chi connectivity index (χ0v) is 17.5. The van der Waals surface area contributed by atoms with Gasteiger partial charge in [-0.05, 0) is 54.1 Å². The first-order valence-corrected chi connectivity index (χ1v) is 9.86. The van der Waals surface area contributed by atoms with E-state index in [1.54, 1.807) is 58.3 Å². The summed E-state index contributed by atoms with van der Waals surface area (Å²) in [7, 11) is 3.34. The van der Waals surface area contributed by atoms with Crippen LogP contribution < -0.4 is 10.6 Å². The smallest absolute Gasteiger partial charge is 0.285 e. The monoisotopic (exact) mass is 417 g/mol. The number of amides is 3. The number of carbonyl (C=O) groups is 3. The first-order chi connectivity index (χ1) is 13.7. The molecule has 0 aliphatic rings. The number of nitrogens with one attached hydrogen (secondary N) is 2. The van der Waals surface area contributed by atoms with Crippen LogP contribution in [0.15, 0.2) is 53.4 Å². The van der Waals surface area contributed by atoms with E-state index in [1.165, 1.54) is 23.1 Å². The van der Waals surface area contributed by atoms with E-state index in [4.69, 9.17) is 0 Å². The highest BCUT2D eigenvalue weighted by atomic mass is 32.2. The van der Waals surface area contributed by atoms with Crippen molar-refractivity contribution in [2.24, 2.45) is 5.92 Å². The molecule has 2 aromatic carbocycles. The number of rotatable bonds is 6. The van der Waals surface area contributed by atoms with E-state index in [9.17, 15) is 18.8 Å². The molecule has 1 unspecified atom stereocenters. The third-order valence-electron chi connectivity index (χ3n) is 4.05. The third kappa shape index (κ3) is 6.32. The maximum atomic E-state index is 13.8. The maximum Gasteiger partial charge on any atom is 0.285 e. The predicted octanol–water partition coefficient (Wildman–Crippen LogP) is 3.99. The number of carbonyl (C=O) groups excluding carboxylic acids is 3. The Kier molecular flexibility index (Phi) is 7.78. The lowest BCUT2D eigenvalue weighted by atomic mass is 10.0. The molecule has 0 radical (unpaired) electrons. The number of benzene rings is 2. The molecule has 0 aliphatic heterocycles. The summed E-state index contributed by atoms with van der Waals surface area (Å²) in [5.74, 6) is -1.91. The number of hydrogen-bond acceptors (Lipinski definition) is 4. The summed E-state index contributed by atoms with van der Waals surface area (Å²) in [6.07, 6.45) is 0. The van der Waals surface area contributed by atoms with Gasteiger partial charge in [-0.2, -0.15) is 0 Å². The van der Waals surface area contributed by atoms with Gasteiger partial charge in [-0.3, -0.25) is 14.4 Å². The van der Waals surface area contributed by atoms with Gasteiger partial charge in [0.2, 0.25) is 5.91 Å². The first-order valence-electron chi connectivity index (χ1n) is 9.04. The number of thioether (sulfide) groups is 1. The van der Waals surface area contributed by atoms with E-state index in [0.717, 1.165) is 16.7 Å². The van der Waals surface area contributed by atoms with Gasteiger partial charge in [-0.25, -0.2) is 4.39 Å². The molecule has 0 aliphatic carbocycles. The minimum absolute atomic E-state index is 0.0995. The average Bonchev–Trinajstić information content (AvgIpc) is 2.67. The van der Waals surface area contributed by atoms with Gasteiger partial charge >= 0.3 is 0 Å². The van der Waals surface area contributed by atoms with Crippen molar-refractivity contribution in [2.75, 3.05) is 19.4 Å². The van der Waals surface area contributed by atoms with Crippen molar-refractivity contribution in [1.82, 2.24) is 10.2 Å². The van der Waals surface area contributed by atoms with Crippen LogP contribution in [0.3, 0.4) is 0 Å². The molecule has 3 amide bonds. The normalized spacial score (nSPS) is 11.7. The van der Waals surface area contributed by atoms with Crippen LogP contribution in [0.25, 0.3) is 0 Å². The summed E-state index contributed by atoms with van der Waals surface area (Å²) in [6.45, 7) is 3.58. The lowest BCUT2D eigenvalue weighted by Crippen LogP contribution is -2.47. The van der Waals surface area contributed by atoms with Crippen LogP contribution >= 0.6 is 11.8 Å². The second-order valence-corrected chi connectivity index (χ2v) is 7.98. The molecule has 0 saturated heterocycles. The van der Waals surface area contributed by atoms with Gasteiger partial charge < -0.3 is 15.5 Å². The second-order valence-electron chi connectivity index (χ2n) is 6.95. The Morgan fingerprint density at radius 3 is 2.17 bits per heavy atom. The molecule has 0 saturated carbocycles. The fourth-order valence-electron chi connectivity index (χ4n) is 2.42. The highest BCUT2D eigenvalue weighted by molar-refractivity contribution is 8.13. The lowest BCUT2D eigenvalue weighted by molar-refractivity contribution is -0.118. The maximum absolute atomic E-state index is 13.8. The molecule has 0 spiro atoms. The Morgan fingerprint density at radius 2 is 1.62 bits per heavy atom. The summed E-state index contributed by atoms with van der Waals surface area (Å²) in [5, 5.41) is 5.24. The molecule has 2 rings (SSSR count). The Labute approximate surface area is 173 Å². The topological polar surface area (TPSA) is 78.5 Å². The largest absolute Gasteiger partial charge is 0.340 e. The first kappa shape index (κ1) is 22.4. The molecule has 0 aromatic heterocycles. The fourth-order valence-corrected chi connectivity index (χ4v) is 3.07. The van der Waals surface area contributed by atoms with Gasteiger partial charge in [0.1, 0.15) is 11.9 Å². The molecular weight excluding hydrogens is 393 g/mol. The SMILES string of the molecule is CC(C)C(NC(=O)c1ccccc1F)C(=O)Nc1ccc(SC(=O)N(C)C)cc1. The van der Waals surface area contributed by atoms with Crippen LogP contribution in [0, 0.1) is 11.7 Å². The zero-order chi connectivity index (χ0) is 21.6. The fraction of sp³-hybridized carbons (Fsp3) is 0.286. The van der Waals surface area contributed by atoms with Crippen LogP contribution in [0.2, 0.25) is 0 Å². The molecule has 1 atom stereocenters. The lowest BCUT2D eigenvalue weighted by Gasteiger charge is -2.22. The zero-order valence-electron chi connectivity index (χ0n) is 16.7. The molecular formula is C21H24FN3O3S. The van der Waals surface area contributed by atoms with E-state index in [-0.39, 0.29) is 16.7 Å². The molecule has 8 heteroatoms.